The van der Waals surface area contributed by atoms with Gasteiger partial charge in [-0.3, -0.25) is 4.90 Å². The first kappa shape index (κ1) is 13.7. The number of hydrogen-bond acceptors (Lipinski definition) is 4. The van der Waals surface area contributed by atoms with Crippen molar-refractivity contribution in [3.8, 4) is 11.5 Å². The van der Waals surface area contributed by atoms with E-state index in [0.717, 1.165) is 49.4 Å². The zero-order valence-corrected chi connectivity index (χ0v) is 13.1. The number of phenolic OH excluding ortho intramolecular Hbond substituents is 1. The fourth-order valence-corrected chi connectivity index (χ4v) is 3.81. The first-order chi connectivity index (χ1) is 10.7. The van der Waals surface area contributed by atoms with Crippen LogP contribution in [0.15, 0.2) is 22.6 Å². The lowest BCUT2D eigenvalue weighted by atomic mass is 9.87. The van der Waals surface area contributed by atoms with Gasteiger partial charge in [0.05, 0.1) is 13.2 Å². The molecule has 0 saturated carbocycles. The molecule has 0 unspecified atom stereocenters. The average Bonchev–Trinajstić information content (AvgIpc) is 2.97. The Morgan fingerprint density at radius 3 is 3.00 bits per heavy atom. The third-order valence-corrected chi connectivity index (χ3v) is 4.97. The number of nitrogens with zero attached hydrogens (tertiary/aromatic N) is 1. The normalized spacial score (nSPS) is 20.2. The van der Waals surface area contributed by atoms with Crippen molar-refractivity contribution in [2.75, 3.05) is 13.7 Å². The lowest BCUT2D eigenvalue weighted by molar-refractivity contribution is 0.135. The van der Waals surface area contributed by atoms with Crippen LogP contribution in [-0.4, -0.2) is 23.7 Å². The highest BCUT2D eigenvalue weighted by Gasteiger charge is 2.36. The molecule has 0 spiro atoms. The van der Waals surface area contributed by atoms with E-state index in [9.17, 15) is 5.11 Å². The van der Waals surface area contributed by atoms with Crippen molar-refractivity contribution in [2.24, 2.45) is 0 Å². The summed E-state index contributed by atoms with van der Waals surface area (Å²) in [5, 5.41) is 9.99. The van der Waals surface area contributed by atoms with Crippen molar-refractivity contribution >= 4 is 0 Å². The van der Waals surface area contributed by atoms with E-state index in [1.54, 1.807) is 13.2 Å². The van der Waals surface area contributed by atoms with Crippen molar-refractivity contribution in [1.29, 1.82) is 0 Å². The molecule has 0 radical (unpaired) electrons. The van der Waals surface area contributed by atoms with Gasteiger partial charge >= 0.3 is 0 Å². The maximum Gasteiger partial charge on any atom is 0.165 e. The highest BCUT2D eigenvalue weighted by molar-refractivity contribution is 5.51. The van der Waals surface area contributed by atoms with Crippen molar-refractivity contribution in [3.05, 3.63) is 46.4 Å². The molecule has 0 aliphatic carbocycles. The summed E-state index contributed by atoms with van der Waals surface area (Å²) in [6.45, 7) is 3.96. The van der Waals surface area contributed by atoms with Crippen LogP contribution in [0.2, 0.25) is 0 Å². The van der Waals surface area contributed by atoms with Crippen LogP contribution >= 0.6 is 0 Å². The Hall–Kier alpha value is -1.94. The van der Waals surface area contributed by atoms with Crippen LogP contribution in [0.4, 0.5) is 0 Å². The third kappa shape index (κ3) is 1.94. The molecule has 4 heteroatoms. The maximum absolute atomic E-state index is 9.99. The van der Waals surface area contributed by atoms with Gasteiger partial charge < -0.3 is 14.3 Å². The second-order valence-corrected chi connectivity index (χ2v) is 6.15. The molecule has 2 aliphatic heterocycles. The number of benzene rings is 1. The number of hydrogen-bond donors (Lipinski definition) is 1. The minimum Gasteiger partial charge on any atom is -0.504 e. The van der Waals surface area contributed by atoms with Gasteiger partial charge in [-0.05, 0) is 36.1 Å². The first-order valence-corrected chi connectivity index (χ1v) is 7.94. The van der Waals surface area contributed by atoms with Crippen LogP contribution in [0.5, 0.6) is 11.5 Å². The molecule has 2 aromatic rings. The van der Waals surface area contributed by atoms with Crippen molar-refractivity contribution in [1.82, 2.24) is 4.90 Å². The molecule has 4 nitrogen and oxygen atoms in total. The Morgan fingerprint density at radius 2 is 2.23 bits per heavy atom. The number of methoxy groups -OCH3 is 1. The fourth-order valence-electron chi connectivity index (χ4n) is 3.81. The summed E-state index contributed by atoms with van der Waals surface area (Å²) in [7, 11) is 1.62. The van der Waals surface area contributed by atoms with Crippen LogP contribution in [0.1, 0.15) is 41.2 Å². The van der Waals surface area contributed by atoms with Gasteiger partial charge in [-0.15, -0.1) is 0 Å². The molecule has 0 fully saturated rings. The van der Waals surface area contributed by atoms with Crippen molar-refractivity contribution in [2.45, 2.75) is 38.8 Å². The summed E-state index contributed by atoms with van der Waals surface area (Å²) in [6.07, 6.45) is 2.89. The maximum atomic E-state index is 9.99. The summed E-state index contributed by atoms with van der Waals surface area (Å²) in [5.41, 5.74) is 3.73. The molecule has 22 heavy (non-hydrogen) atoms. The average molecular weight is 299 g/mol. The molecule has 2 aliphatic rings. The van der Waals surface area contributed by atoms with Crippen LogP contribution in [0, 0.1) is 0 Å². The number of furan rings is 1. The van der Waals surface area contributed by atoms with Gasteiger partial charge in [0, 0.05) is 25.1 Å². The van der Waals surface area contributed by atoms with Crippen molar-refractivity contribution < 1.29 is 14.3 Å². The smallest absolute Gasteiger partial charge is 0.165 e. The molecular formula is C18H21NO3. The largest absolute Gasteiger partial charge is 0.504 e. The standard InChI is InChI=1S/C18H21NO3/c1-3-13-8-12-6-7-19-10-14-11(9-15(19)17(12)22-13)4-5-16(20)18(14)21-2/h4-5,8,15,20H,3,6-7,9-10H2,1-2H3/t15-/m0/s1. The van der Waals surface area contributed by atoms with Crippen LogP contribution in [-0.2, 0) is 25.8 Å². The van der Waals surface area contributed by atoms with E-state index >= 15 is 0 Å². The summed E-state index contributed by atoms with van der Waals surface area (Å²) in [6, 6.07) is 6.28. The topological polar surface area (TPSA) is 45.8 Å². The number of aryl methyl sites for hydroxylation is 1. The predicted molar refractivity (Wildman–Crippen MR) is 83.3 cm³/mol. The second-order valence-electron chi connectivity index (χ2n) is 6.15. The quantitative estimate of drug-likeness (QED) is 0.925. The minimum absolute atomic E-state index is 0.226. The van der Waals surface area contributed by atoms with Crippen LogP contribution in [0.25, 0.3) is 0 Å². The molecule has 0 saturated heterocycles. The Labute approximate surface area is 130 Å². The first-order valence-electron chi connectivity index (χ1n) is 7.94. The van der Waals surface area contributed by atoms with Crippen LogP contribution < -0.4 is 4.74 Å². The highest BCUT2D eigenvalue weighted by Crippen LogP contribution is 2.43. The Kier molecular flexibility index (Phi) is 3.15. The zero-order valence-electron chi connectivity index (χ0n) is 13.1. The lowest BCUT2D eigenvalue weighted by Crippen LogP contribution is -2.39. The molecule has 3 heterocycles. The number of aromatic hydroxyl groups is 1. The number of ether oxygens (including phenoxy) is 1. The van der Waals surface area contributed by atoms with E-state index in [1.807, 2.05) is 6.07 Å². The summed E-state index contributed by atoms with van der Waals surface area (Å²) in [5.74, 6) is 3.07. The monoisotopic (exact) mass is 299 g/mol. The molecule has 0 amide bonds. The fraction of sp³-hybridized carbons (Fsp3) is 0.444. The van der Waals surface area contributed by atoms with Crippen molar-refractivity contribution in [3.63, 3.8) is 0 Å². The Balaban J connectivity index is 1.76. The van der Waals surface area contributed by atoms with E-state index in [2.05, 4.69) is 17.9 Å². The van der Waals surface area contributed by atoms with Crippen LogP contribution in [0.3, 0.4) is 0 Å². The SMILES string of the molecule is CCc1cc2c(o1)[C@@H]1Cc3ccc(O)c(OC)c3CN1CC2. The number of rotatable bonds is 2. The van der Waals surface area contributed by atoms with E-state index in [-0.39, 0.29) is 5.75 Å². The van der Waals surface area contributed by atoms with E-state index in [0.29, 0.717) is 11.8 Å². The van der Waals surface area contributed by atoms with Gasteiger partial charge in [0.2, 0.25) is 0 Å². The van der Waals surface area contributed by atoms with E-state index in [1.165, 1.54) is 11.1 Å². The Morgan fingerprint density at radius 1 is 1.36 bits per heavy atom. The van der Waals surface area contributed by atoms with Gasteiger partial charge in [0.1, 0.15) is 11.5 Å². The molecular weight excluding hydrogens is 278 g/mol. The van der Waals surface area contributed by atoms with Gasteiger partial charge in [-0.2, -0.15) is 0 Å². The summed E-state index contributed by atoms with van der Waals surface area (Å²) < 4.78 is 11.5. The molecule has 1 aromatic heterocycles. The Bertz CT molecular complexity index is 719. The zero-order chi connectivity index (χ0) is 15.3. The summed E-state index contributed by atoms with van der Waals surface area (Å²) >= 11 is 0. The molecule has 1 aromatic carbocycles. The molecule has 1 N–H and O–H groups in total. The minimum atomic E-state index is 0.226. The second kappa shape index (κ2) is 5.06. The lowest BCUT2D eigenvalue weighted by Gasteiger charge is -2.39. The molecule has 4 rings (SSSR count). The summed E-state index contributed by atoms with van der Waals surface area (Å²) in [4.78, 5) is 2.44. The predicted octanol–water partition coefficient (Wildman–Crippen LogP) is 3.21. The molecule has 0 bridgehead atoms. The van der Waals surface area contributed by atoms with E-state index in [4.69, 9.17) is 9.15 Å². The molecule has 116 valence electrons. The van der Waals surface area contributed by atoms with E-state index < -0.39 is 0 Å². The van der Waals surface area contributed by atoms with Gasteiger partial charge in [0.15, 0.2) is 11.5 Å². The number of fused-ring (bicyclic) bond motifs is 4. The van der Waals surface area contributed by atoms with Gasteiger partial charge in [-0.1, -0.05) is 13.0 Å². The highest BCUT2D eigenvalue weighted by atomic mass is 16.5. The third-order valence-electron chi connectivity index (χ3n) is 4.97. The van der Waals surface area contributed by atoms with Gasteiger partial charge in [-0.25, -0.2) is 0 Å². The molecule has 1 atom stereocenters. The number of phenols is 1. The van der Waals surface area contributed by atoms with Gasteiger partial charge in [0.25, 0.3) is 0 Å².